The van der Waals surface area contributed by atoms with Crippen molar-refractivity contribution in [2.24, 2.45) is 0 Å². The van der Waals surface area contributed by atoms with Gasteiger partial charge in [0.25, 0.3) is 5.91 Å². The van der Waals surface area contributed by atoms with E-state index in [1.165, 1.54) is 17.8 Å². The van der Waals surface area contributed by atoms with Crippen molar-refractivity contribution in [3.63, 3.8) is 0 Å². The summed E-state index contributed by atoms with van der Waals surface area (Å²) in [6.07, 6.45) is 2.38. The van der Waals surface area contributed by atoms with Gasteiger partial charge >= 0.3 is 0 Å². The van der Waals surface area contributed by atoms with E-state index in [9.17, 15) is 4.79 Å². The molecule has 4 nitrogen and oxygen atoms in total. The minimum Gasteiger partial charge on any atom is -0.492 e. The zero-order valence-electron chi connectivity index (χ0n) is 15.0. The van der Waals surface area contributed by atoms with E-state index >= 15 is 0 Å². The molecule has 1 aliphatic rings. The van der Waals surface area contributed by atoms with E-state index in [1.54, 1.807) is 0 Å². The second-order valence-corrected chi connectivity index (χ2v) is 7.29. The fourth-order valence-electron chi connectivity index (χ4n) is 3.37. The number of hydrogen-bond acceptors (Lipinski definition) is 4. The molecule has 0 bridgehead atoms. The third-order valence-corrected chi connectivity index (χ3v) is 5.83. The first kappa shape index (κ1) is 18.0. The van der Waals surface area contributed by atoms with Gasteiger partial charge in [-0.3, -0.25) is 9.69 Å². The van der Waals surface area contributed by atoms with Gasteiger partial charge in [0, 0.05) is 17.5 Å². The first-order valence-corrected chi connectivity index (χ1v) is 9.88. The summed E-state index contributed by atoms with van der Waals surface area (Å²) in [6, 6.07) is 12.6. The number of likely N-dealkylation sites (tertiary alicyclic amines) is 1. The Morgan fingerprint density at radius 1 is 1.32 bits per heavy atom. The molecule has 25 heavy (non-hydrogen) atoms. The fraction of sp³-hybridized carbons (Fsp3) is 0.450. The number of hydrogen-bond donors (Lipinski definition) is 1. The monoisotopic (exact) mass is 358 g/mol. The Kier molecular flexibility index (Phi) is 6.10. The largest absolute Gasteiger partial charge is 0.492 e. The number of thiophene rings is 1. The topological polar surface area (TPSA) is 41.6 Å². The van der Waals surface area contributed by atoms with Crippen LogP contribution in [0.3, 0.4) is 0 Å². The van der Waals surface area contributed by atoms with Crippen molar-refractivity contribution < 1.29 is 9.53 Å². The Balaban J connectivity index is 1.73. The van der Waals surface area contributed by atoms with Crippen LogP contribution in [-0.4, -0.2) is 43.1 Å². The number of nitrogens with zero attached hydrogens (tertiary/aromatic N) is 1. The molecular weight excluding hydrogens is 332 g/mol. The quantitative estimate of drug-likeness (QED) is 0.812. The Labute approximate surface area is 153 Å². The van der Waals surface area contributed by atoms with E-state index in [2.05, 4.69) is 29.3 Å². The van der Waals surface area contributed by atoms with E-state index in [1.807, 2.05) is 31.2 Å². The molecule has 1 N–H and O–H groups in total. The molecule has 1 amide bonds. The summed E-state index contributed by atoms with van der Waals surface area (Å²) in [4.78, 5) is 16.9. The second kappa shape index (κ2) is 8.50. The molecule has 0 spiro atoms. The minimum absolute atomic E-state index is 0.0291. The van der Waals surface area contributed by atoms with Crippen LogP contribution in [0.2, 0.25) is 0 Å². The lowest BCUT2D eigenvalue weighted by molar-refractivity contribution is 0.0942. The number of carbonyl (C=O) groups is 1. The summed E-state index contributed by atoms with van der Waals surface area (Å²) in [5, 5.41) is 3.12. The molecule has 134 valence electrons. The third-order valence-electron chi connectivity index (χ3n) is 4.67. The third kappa shape index (κ3) is 4.22. The molecule has 2 heterocycles. The van der Waals surface area contributed by atoms with Crippen LogP contribution >= 0.6 is 11.3 Å². The van der Waals surface area contributed by atoms with Crippen LogP contribution < -0.4 is 10.1 Å². The van der Waals surface area contributed by atoms with Crippen molar-refractivity contribution in [1.29, 1.82) is 0 Å². The smallest absolute Gasteiger partial charge is 0.265 e. The van der Waals surface area contributed by atoms with Crippen LogP contribution in [0.1, 0.15) is 36.4 Å². The lowest BCUT2D eigenvalue weighted by Crippen LogP contribution is -2.39. The minimum atomic E-state index is -0.0291. The highest BCUT2D eigenvalue weighted by Crippen LogP contribution is 2.36. The summed E-state index contributed by atoms with van der Waals surface area (Å²) >= 11 is 1.50. The van der Waals surface area contributed by atoms with Crippen LogP contribution in [0.25, 0.3) is 10.4 Å². The summed E-state index contributed by atoms with van der Waals surface area (Å²) in [5.74, 6) is 0.654. The Hall–Kier alpha value is -1.85. The number of amides is 1. The molecule has 5 heteroatoms. The second-order valence-electron chi connectivity index (χ2n) is 6.24. The van der Waals surface area contributed by atoms with Crippen molar-refractivity contribution >= 4 is 17.2 Å². The lowest BCUT2D eigenvalue weighted by atomic mass is 10.2. The van der Waals surface area contributed by atoms with Gasteiger partial charge in [0.1, 0.15) is 10.6 Å². The molecule has 1 atom stereocenters. The standard InChI is InChI=1S/C20H26N2O2S/c1-3-22-12-8-11-16(22)14-21-20(23)19-17(24-4-2)13-18(25-19)15-9-6-5-7-10-15/h5-7,9-10,13,16H,3-4,8,11-12,14H2,1-2H3,(H,21,23). The molecule has 1 fully saturated rings. The van der Waals surface area contributed by atoms with Crippen LogP contribution in [0, 0.1) is 0 Å². The molecule has 3 rings (SSSR count). The van der Waals surface area contributed by atoms with E-state index in [0.29, 0.717) is 29.8 Å². The Morgan fingerprint density at radius 3 is 2.84 bits per heavy atom. The molecule has 0 radical (unpaired) electrons. The average molecular weight is 359 g/mol. The molecule has 2 aromatic rings. The van der Waals surface area contributed by atoms with E-state index in [-0.39, 0.29) is 5.91 Å². The highest BCUT2D eigenvalue weighted by molar-refractivity contribution is 7.17. The number of carbonyl (C=O) groups excluding carboxylic acids is 1. The Morgan fingerprint density at radius 2 is 2.12 bits per heavy atom. The molecular formula is C20H26N2O2S. The van der Waals surface area contributed by atoms with Crippen molar-refractivity contribution in [1.82, 2.24) is 10.2 Å². The molecule has 1 aromatic carbocycles. The maximum absolute atomic E-state index is 12.7. The van der Waals surface area contributed by atoms with Gasteiger partial charge < -0.3 is 10.1 Å². The van der Waals surface area contributed by atoms with Crippen LogP contribution in [0.15, 0.2) is 36.4 Å². The van der Waals surface area contributed by atoms with Crippen molar-refractivity contribution in [2.45, 2.75) is 32.7 Å². The molecule has 0 aliphatic carbocycles. The SMILES string of the molecule is CCOc1cc(-c2ccccc2)sc1C(=O)NCC1CCCN1CC. The number of likely N-dealkylation sites (N-methyl/N-ethyl adjacent to an activating group) is 1. The van der Waals surface area contributed by atoms with Crippen molar-refractivity contribution in [2.75, 3.05) is 26.2 Å². The van der Waals surface area contributed by atoms with Crippen molar-refractivity contribution in [3.05, 3.63) is 41.3 Å². The molecule has 1 unspecified atom stereocenters. The first-order chi connectivity index (χ1) is 12.2. The van der Waals surface area contributed by atoms with Gasteiger partial charge in [0.15, 0.2) is 0 Å². The fourth-order valence-corrected chi connectivity index (χ4v) is 4.40. The highest BCUT2D eigenvalue weighted by atomic mass is 32.1. The predicted molar refractivity (Wildman–Crippen MR) is 104 cm³/mol. The van der Waals surface area contributed by atoms with E-state index in [0.717, 1.165) is 30.0 Å². The molecule has 0 saturated carbocycles. The highest BCUT2D eigenvalue weighted by Gasteiger charge is 2.25. The molecule has 1 aliphatic heterocycles. The van der Waals surface area contributed by atoms with Gasteiger partial charge in [-0.2, -0.15) is 0 Å². The zero-order chi connectivity index (χ0) is 17.6. The first-order valence-electron chi connectivity index (χ1n) is 9.07. The van der Waals surface area contributed by atoms with Crippen LogP contribution in [0.4, 0.5) is 0 Å². The van der Waals surface area contributed by atoms with Gasteiger partial charge in [-0.25, -0.2) is 0 Å². The van der Waals surface area contributed by atoms with Gasteiger partial charge in [0.2, 0.25) is 0 Å². The average Bonchev–Trinajstić information content (AvgIpc) is 3.27. The summed E-state index contributed by atoms with van der Waals surface area (Å²) in [5.41, 5.74) is 1.11. The van der Waals surface area contributed by atoms with Gasteiger partial charge in [-0.15, -0.1) is 11.3 Å². The normalized spacial score (nSPS) is 17.6. The molecule has 1 aromatic heterocycles. The number of benzene rings is 1. The Bertz CT molecular complexity index is 699. The number of nitrogens with one attached hydrogen (secondary N) is 1. The van der Waals surface area contributed by atoms with Crippen LogP contribution in [0.5, 0.6) is 5.75 Å². The van der Waals surface area contributed by atoms with Crippen molar-refractivity contribution in [3.8, 4) is 16.2 Å². The zero-order valence-corrected chi connectivity index (χ0v) is 15.8. The van der Waals surface area contributed by atoms with Gasteiger partial charge in [-0.1, -0.05) is 37.3 Å². The van der Waals surface area contributed by atoms with Gasteiger partial charge in [-0.05, 0) is 44.5 Å². The molecule has 1 saturated heterocycles. The summed E-state index contributed by atoms with van der Waals surface area (Å²) in [6.45, 7) is 7.56. The number of rotatable bonds is 7. The predicted octanol–water partition coefficient (Wildman–Crippen LogP) is 4.03. The maximum Gasteiger partial charge on any atom is 0.265 e. The summed E-state index contributed by atoms with van der Waals surface area (Å²) in [7, 11) is 0. The van der Waals surface area contributed by atoms with Crippen LogP contribution in [-0.2, 0) is 0 Å². The lowest BCUT2D eigenvalue weighted by Gasteiger charge is -2.22. The van der Waals surface area contributed by atoms with E-state index < -0.39 is 0 Å². The number of ether oxygens (including phenoxy) is 1. The van der Waals surface area contributed by atoms with E-state index in [4.69, 9.17) is 4.74 Å². The van der Waals surface area contributed by atoms with Gasteiger partial charge in [0.05, 0.1) is 6.61 Å². The maximum atomic E-state index is 12.7. The summed E-state index contributed by atoms with van der Waals surface area (Å²) < 4.78 is 5.71.